The van der Waals surface area contributed by atoms with Crippen molar-refractivity contribution < 1.29 is 9.47 Å². The Hall–Kier alpha value is -1.74. The van der Waals surface area contributed by atoms with E-state index in [-0.39, 0.29) is 0 Å². The highest BCUT2D eigenvalue weighted by Gasteiger charge is 2.01. The molecule has 84 valence electrons. The molecule has 2 rings (SSSR count). The van der Waals surface area contributed by atoms with Gasteiger partial charge in [0.1, 0.15) is 12.4 Å². The Morgan fingerprint density at radius 1 is 1.12 bits per heavy atom. The lowest BCUT2D eigenvalue weighted by molar-refractivity contribution is 0.147. The smallest absolute Gasteiger partial charge is 0.127 e. The van der Waals surface area contributed by atoms with Gasteiger partial charge in [0.15, 0.2) is 0 Å². The van der Waals surface area contributed by atoms with E-state index in [4.69, 9.17) is 15.2 Å². The zero-order chi connectivity index (χ0) is 11.4. The maximum Gasteiger partial charge on any atom is 0.127 e. The molecule has 0 saturated heterocycles. The number of nitrogen functional groups attached to an aromatic ring is 1. The molecule has 3 nitrogen and oxygen atoms in total. The van der Waals surface area contributed by atoms with Gasteiger partial charge < -0.3 is 15.2 Å². The van der Waals surface area contributed by atoms with Crippen LogP contribution in [-0.4, -0.2) is 20.3 Å². The largest absolute Gasteiger partial charge is 0.491 e. The standard InChI is InChI=1S/C13H15NO2/c1-15-7-8-16-13-4-2-3-10-9-11(14)5-6-12(10)13/h2-6,9H,7-8,14H2,1H3. The van der Waals surface area contributed by atoms with Crippen molar-refractivity contribution in [2.24, 2.45) is 0 Å². The number of ether oxygens (including phenoxy) is 2. The molecule has 0 heterocycles. The summed E-state index contributed by atoms with van der Waals surface area (Å²) in [5.74, 6) is 0.870. The highest BCUT2D eigenvalue weighted by atomic mass is 16.5. The van der Waals surface area contributed by atoms with Gasteiger partial charge in [0.2, 0.25) is 0 Å². The van der Waals surface area contributed by atoms with Crippen LogP contribution in [0.15, 0.2) is 36.4 Å². The Morgan fingerprint density at radius 2 is 2.00 bits per heavy atom. The summed E-state index contributed by atoms with van der Waals surface area (Å²) in [6.45, 7) is 1.14. The normalized spacial score (nSPS) is 10.6. The minimum atomic E-state index is 0.556. The molecule has 2 aromatic rings. The van der Waals surface area contributed by atoms with Crippen LogP contribution in [0.2, 0.25) is 0 Å². The number of rotatable bonds is 4. The van der Waals surface area contributed by atoms with Gasteiger partial charge in [-0.1, -0.05) is 12.1 Å². The summed E-state index contributed by atoms with van der Waals surface area (Å²) in [7, 11) is 1.66. The molecule has 2 aromatic carbocycles. The SMILES string of the molecule is COCCOc1cccc2cc(N)ccc12. The molecule has 0 aromatic heterocycles. The number of hydrogen-bond acceptors (Lipinski definition) is 3. The molecule has 0 saturated carbocycles. The van der Waals surface area contributed by atoms with Crippen molar-refractivity contribution in [3.63, 3.8) is 0 Å². The second-order valence-electron chi connectivity index (χ2n) is 3.58. The van der Waals surface area contributed by atoms with Crippen LogP contribution in [0.5, 0.6) is 5.75 Å². The van der Waals surface area contributed by atoms with E-state index in [1.54, 1.807) is 7.11 Å². The van der Waals surface area contributed by atoms with Crippen LogP contribution in [-0.2, 0) is 4.74 Å². The lowest BCUT2D eigenvalue weighted by Crippen LogP contribution is -2.04. The van der Waals surface area contributed by atoms with Gasteiger partial charge in [-0.2, -0.15) is 0 Å². The van der Waals surface area contributed by atoms with Crippen molar-refractivity contribution >= 4 is 16.5 Å². The van der Waals surface area contributed by atoms with E-state index >= 15 is 0 Å². The fourth-order valence-corrected chi connectivity index (χ4v) is 1.63. The first-order valence-corrected chi connectivity index (χ1v) is 5.21. The second kappa shape index (κ2) is 4.86. The number of nitrogens with two attached hydrogens (primary N) is 1. The summed E-state index contributed by atoms with van der Waals surface area (Å²) < 4.78 is 10.6. The summed E-state index contributed by atoms with van der Waals surface area (Å²) in [4.78, 5) is 0. The monoisotopic (exact) mass is 217 g/mol. The van der Waals surface area contributed by atoms with E-state index in [0.29, 0.717) is 13.2 Å². The number of fused-ring (bicyclic) bond motifs is 1. The highest BCUT2D eigenvalue weighted by molar-refractivity contribution is 5.90. The third-order valence-electron chi connectivity index (χ3n) is 2.41. The molecular weight excluding hydrogens is 202 g/mol. The fourth-order valence-electron chi connectivity index (χ4n) is 1.63. The topological polar surface area (TPSA) is 44.5 Å². The van der Waals surface area contributed by atoms with E-state index in [0.717, 1.165) is 22.2 Å². The van der Waals surface area contributed by atoms with Crippen molar-refractivity contribution in [1.82, 2.24) is 0 Å². The Morgan fingerprint density at radius 3 is 2.81 bits per heavy atom. The third-order valence-corrected chi connectivity index (χ3v) is 2.41. The summed E-state index contributed by atoms with van der Waals surface area (Å²) in [6, 6.07) is 11.7. The van der Waals surface area contributed by atoms with Gasteiger partial charge in [-0.3, -0.25) is 0 Å². The lowest BCUT2D eigenvalue weighted by atomic mass is 10.1. The molecule has 0 aliphatic carbocycles. The Balaban J connectivity index is 2.30. The Labute approximate surface area is 94.8 Å². The van der Waals surface area contributed by atoms with Crippen LogP contribution in [0.4, 0.5) is 5.69 Å². The van der Waals surface area contributed by atoms with E-state index in [1.807, 2.05) is 36.4 Å². The second-order valence-corrected chi connectivity index (χ2v) is 3.58. The van der Waals surface area contributed by atoms with E-state index in [2.05, 4.69) is 0 Å². The first-order valence-electron chi connectivity index (χ1n) is 5.21. The van der Waals surface area contributed by atoms with Crippen molar-refractivity contribution in [3.8, 4) is 5.75 Å². The lowest BCUT2D eigenvalue weighted by Gasteiger charge is -2.09. The van der Waals surface area contributed by atoms with Gasteiger partial charge in [0.05, 0.1) is 6.61 Å². The number of anilines is 1. The molecule has 0 atom stereocenters. The van der Waals surface area contributed by atoms with Crippen LogP contribution in [0.3, 0.4) is 0 Å². The van der Waals surface area contributed by atoms with Crippen molar-refractivity contribution in [2.75, 3.05) is 26.1 Å². The quantitative estimate of drug-likeness (QED) is 0.632. The molecule has 0 bridgehead atoms. The average Bonchev–Trinajstić information content (AvgIpc) is 2.29. The van der Waals surface area contributed by atoms with Crippen LogP contribution < -0.4 is 10.5 Å². The summed E-state index contributed by atoms with van der Waals surface area (Å²) in [6.07, 6.45) is 0. The maximum absolute atomic E-state index is 5.73. The van der Waals surface area contributed by atoms with Crippen molar-refractivity contribution in [2.45, 2.75) is 0 Å². The number of hydrogen-bond donors (Lipinski definition) is 1. The van der Waals surface area contributed by atoms with Crippen LogP contribution >= 0.6 is 0 Å². The molecule has 0 radical (unpaired) electrons. The van der Waals surface area contributed by atoms with Gasteiger partial charge in [0, 0.05) is 18.2 Å². The van der Waals surface area contributed by atoms with E-state index < -0.39 is 0 Å². The minimum absolute atomic E-state index is 0.556. The molecule has 0 spiro atoms. The predicted octanol–water partition coefficient (Wildman–Crippen LogP) is 2.45. The first-order chi connectivity index (χ1) is 7.81. The van der Waals surface area contributed by atoms with Crippen molar-refractivity contribution in [3.05, 3.63) is 36.4 Å². The van der Waals surface area contributed by atoms with Gasteiger partial charge in [-0.05, 0) is 29.7 Å². The summed E-state index contributed by atoms with van der Waals surface area (Å²) >= 11 is 0. The molecule has 0 aliphatic heterocycles. The van der Waals surface area contributed by atoms with E-state index in [1.165, 1.54) is 0 Å². The molecule has 0 amide bonds. The van der Waals surface area contributed by atoms with Gasteiger partial charge >= 0.3 is 0 Å². The van der Waals surface area contributed by atoms with E-state index in [9.17, 15) is 0 Å². The maximum atomic E-state index is 5.73. The fraction of sp³-hybridized carbons (Fsp3) is 0.231. The molecule has 3 heteroatoms. The zero-order valence-corrected chi connectivity index (χ0v) is 9.27. The van der Waals surface area contributed by atoms with Gasteiger partial charge in [-0.15, -0.1) is 0 Å². The van der Waals surface area contributed by atoms with Crippen molar-refractivity contribution in [1.29, 1.82) is 0 Å². The molecular formula is C13H15NO2. The Bertz CT molecular complexity index is 482. The third kappa shape index (κ3) is 2.25. The van der Waals surface area contributed by atoms with Crippen LogP contribution in [0.1, 0.15) is 0 Å². The number of benzene rings is 2. The molecule has 0 aliphatic rings. The Kier molecular flexibility index (Phi) is 3.27. The van der Waals surface area contributed by atoms with Gasteiger partial charge in [-0.25, -0.2) is 0 Å². The summed E-state index contributed by atoms with van der Waals surface area (Å²) in [5, 5.41) is 2.17. The summed E-state index contributed by atoms with van der Waals surface area (Å²) in [5.41, 5.74) is 6.50. The first kappa shape index (κ1) is 10.8. The molecule has 0 unspecified atom stereocenters. The predicted molar refractivity (Wildman–Crippen MR) is 65.7 cm³/mol. The molecule has 16 heavy (non-hydrogen) atoms. The van der Waals surface area contributed by atoms with Gasteiger partial charge in [0.25, 0.3) is 0 Å². The average molecular weight is 217 g/mol. The minimum Gasteiger partial charge on any atom is -0.491 e. The van der Waals surface area contributed by atoms with Crippen LogP contribution in [0.25, 0.3) is 10.8 Å². The van der Waals surface area contributed by atoms with Crippen LogP contribution in [0, 0.1) is 0 Å². The number of methoxy groups -OCH3 is 1. The highest BCUT2D eigenvalue weighted by Crippen LogP contribution is 2.26. The zero-order valence-electron chi connectivity index (χ0n) is 9.27. The molecule has 0 fully saturated rings. The molecule has 2 N–H and O–H groups in total.